The molecule has 30 valence electrons. The van der Waals surface area contributed by atoms with E-state index >= 15 is 0 Å². The Hall–Kier alpha value is 2.55. The summed E-state index contributed by atoms with van der Waals surface area (Å²) in [5.74, 6) is 0. The third kappa shape index (κ3) is 20.9. The van der Waals surface area contributed by atoms with Crippen LogP contribution in [0.1, 0.15) is 4.28 Å². The summed E-state index contributed by atoms with van der Waals surface area (Å²) in [5, 5.41) is 0. The van der Waals surface area contributed by atoms with Gasteiger partial charge in [0.05, 0.1) is 0 Å². The van der Waals surface area contributed by atoms with E-state index in [1.165, 1.54) is 0 Å². The van der Waals surface area contributed by atoms with Gasteiger partial charge in [0.2, 0.25) is 0 Å². The van der Waals surface area contributed by atoms with E-state index < -0.39 is 0 Å². The first kappa shape index (κ1) is 49.8. The van der Waals surface area contributed by atoms with Crippen molar-refractivity contribution in [2.45, 2.75) is 0 Å². The van der Waals surface area contributed by atoms with Crippen molar-refractivity contribution < 1.29 is 72.5 Å². The van der Waals surface area contributed by atoms with E-state index in [0.717, 1.165) is 0 Å². The SMILES string of the molecule is F.F.[Gd].[H-].[H-].[H-].[Li+].[Mg+2]. The van der Waals surface area contributed by atoms with Crippen LogP contribution >= 0.6 is 0 Å². The molecule has 0 aromatic carbocycles. The van der Waals surface area contributed by atoms with Crippen LogP contribution in [0.25, 0.3) is 0 Å². The molecule has 0 saturated carbocycles. The van der Waals surface area contributed by atoms with Gasteiger partial charge in [-0.1, -0.05) is 0 Å². The number of halogens is 2. The second kappa shape index (κ2) is 31.0. The molecule has 0 heterocycles. The number of hydrogen-bond acceptors (Lipinski definition) is 0. The van der Waals surface area contributed by atoms with Crippen LogP contribution in [0, 0.1) is 39.9 Å². The Morgan fingerprint density at radius 1 is 1.00 bits per heavy atom. The van der Waals surface area contributed by atoms with E-state index in [4.69, 9.17) is 0 Å². The van der Waals surface area contributed by atoms with Crippen molar-refractivity contribution in [1.82, 2.24) is 0 Å². The van der Waals surface area contributed by atoms with Gasteiger partial charge in [0.1, 0.15) is 0 Å². The Labute approximate surface area is 94.0 Å². The topological polar surface area (TPSA) is 0 Å². The van der Waals surface area contributed by atoms with Gasteiger partial charge in [-0.05, 0) is 0 Å². The molecule has 0 rings (SSSR count). The smallest absolute Gasteiger partial charge is 1.00 e. The molecule has 0 aromatic heterocycles. The van der Waals surface area contributed by atoms with Crippen molar-refractivity contribution in [2.75, 3.05) is 0 Å². The van der Waals surface area contributed by atoms with Crippen LogP contribution in [0.15, 0.2) is 0 Å². The molecule has 0 radical (unpaired) electrons. The molecular weight excluding hydrogens is 226 g/mol. The summed E-state index contributed by atoms with van der Waals surface area (Å²) in [6.45, 7) is 0. The van der Waals surface area contributed by atoms with Crippen LogP contribution in [0.5, 0.6) is 0 Å². The molecular formula is H5F2GdLiMg. The van der Waals surface area contributed by atoms with Crippen molar-refractivity contribution in [3.05, 3.63) is 0 Å². The third-order valence-electron chi connectivity index (χ3n) is 0. The first-order valence-electron chi connectivity index (χ1n) is 0. The first-order chi connectivity index (χ1) is 0. The summed E-state index contributed by atoms with van der Waals surface area (Å²) in [6, 6.07) is 0. The zero-order chi connectivity index (χ0) is 0. The summed E-state index contributed by atoms with van der Waals surface area (Å²) in [5.41, 5.74) is 0. The molecule has 0 unspecified atom stereocenters. The fraction of sp³-hybridized carbons (Fsp3) is 0. The minimum Gasteiger partial charge on any atom is -1.00 e. The molecule has 0 aliphatic rings. The van der Waals surface area contributed by atoms with Crippen LogP contribution < -0.4 is 18.9 Å². The number of rotatable bonds is 0. The molecule has 0 aromatic rings. The molecule has 0 spiro atoms. The molecule has 0 amide bonds. The van der Waals surface area contributed by atoms with E-state index in [2.05, 4.69) is 0 Å². The van der Waals surface area contributed by atoms with Crippen LogP contribution in [0.4, 0.5) is 9.41 Å². The molecule has 0 N–H and O–H groups in total. The van der Waals surface area contributed by atoms with Gasteiger partial charge in [0.25, 0.3) is 0 Å². The summed E-state index contributed by atoms with van der Waals surface area (Å²) in [6.07, 6.45) is 0. The van der Waals surface area contributed by atoms with Gasteiger partial charge in [-0.2, -0.15) is 0 Å². The normalized spacial score (nSPS) is 0. The van der Waals surface area contributed by atoms with Gasteiger partial charge in [-0.25, -0.2) is 0 Å². The Bertz CT molecular complexity index is 17.2. The molecule has 0 nitrogen and oxygen atoms in total. The van der Waals surface area contributed by atoms with Crippen molar-refractivity contribution >= 4 is 23.1 Å². The Balaban J connectivity index is 0. The molecule has 0 aliphatic heterocycles. The van der Waals surface area contributed by atoms with Gasteiger partial charge >= 0.3 is 41.9 Å². The second-order valence-electron chi connectivity index (χ2n) is 0. The fourth-order valence-corrected chi connectivity index (χ4v) is 0. The molecule has 0 fully saturated rings. The molecule has 0 aliphatic carbocycles. The minimum atomic E-state index is 0. The number of hydrogen-bond donors (Lipinski definition) is 0. The Morgan fingerprint density at radius 3 is 1.00 bits per heavy atom. The maximum absolute atomic E-state index is 0. The van der Waals surface area contributed by atoms with E-state index in [9.17, 15) is 0 Å². The third-order valence-corrected chi connectivity index (χ3v) is 0. The average molecular weight is 232 g/mol. The standard InChI is InChI=1S/2FH.Gd.Li.Mg.3H/h2*1H;;;;;;/q;;;+1;+2;3*-1. The predicted octanol–water partition coefficient (Wildman–Crippen LogP) is -2.73. The van der Waals surface area contributed by atoms with Gasteiger partial charge in [-0.3, -0.25) is 9.41 Å². The van der Waals surface area contributed by atoms with Crippen LogP contribution in [0.2, 0.25) is 0 Å². The van der Waals surface area contributed by atoms with Crippen molar-refractivity contribution in [3.63, 3.8) is 0 Å². The largest absolute Gasteiger partial charge is 2.00 e. The quantitative estimate of drug-likeness (QED) is 0.397. The van der Waals surface area contributed by atoms with Gasteiger partial charge < -0.3 is 4.28 Å². The molecule has 0 bridgehead atoms. The second-order valence-corrected chi connectivity index (χ2v) is 0. The maximum Gasteiger partial charge on any atom is 2.00 e. The summed E-state index contributed by atoms with van der Waals surface area (Å²) in [7, 11) is 0. The van der Waals surface area contributed by atoms with E-state index in [1.54, 1.807) is 0 Å². The summed E-state index contributed by atoms with van der Waals surface area (Å²) >= 11 is 0. The zero-order valence-corrected chi connectivity index (χ0v) is 6.56. The maximum atomic E-state index is 0. The van der Waals surface area contributed by atoms with Crippen LogP contribution in [-0.4, -0.2) is 23.1 Å². The fourth-order valence-electron chi connectivity index (χ4n) is 0. The average Bonchev–Trinajstić information content (AvgIpc) is 0. The zero-order valence-electron chi connectivity index (χ0n) is 5.88. The van der Waals surface area contributed by atoms with E-state index in [1.807, 2.05) is 0 Å². The van der Waals surface area contributed by atoms with Gasteiger partial charge in [0, 0.05) is 39.9 Å². The predicted molar refractivity (Wildman–Crippen MR) is 14.1 cm³/mol. The van der Waals surface area contributed by atoms with Crippen LogP contribution in [-0.2, 0) is 0 Å². The minimum absolute atomic E-state index is 0. The molecule has 0 atom stereocenters. The van der Waals surface area contributed by atoms with Gasteiger partial charge in [-0.15, -0.1) is 0 Å². The van der Waals surface area contributed by atoms with E-state index in [0.29, 0.717) is 0 Å². The Kier molecular flexibility index (Phi) is 309. The molecule has 5 heteroatoms. The molecule has 0 saturated heterocycles. The van der Waals surface area contributed by atoms with Crippen molar-refractivity contribution in [3.8, 4) is 0 Å². The van der Waals surface area contributed by atoms with Crippen molar-refractivity contribution in [2.24, 2.45) is 0 Å². The first-order valence-corrected chi connectivity index (χ1v) is 0. The van der Waals surface area contributed by atoms with E-state index in [-0.39, 0.29) is 95.5 Å². The van der Waals surface area contributed by atoms with Crippen LogP contribution in [0.3, 0.4) is 0 Å². The Morgan fingerprint density at radius 2 is 1.00 bits per heavy atom. The summed E-state index contributed by atoms with van der Waals surface area (Å²) < 4.78 is 0. The van der Waals surface area contributed by atoms with Crippen molar-refractivity contribution in [1.29, 1.82) is 0 Å². The summed E-state index contributed by atoms with van der Waals surface area (Å²) in [4.78, 5) is 0. The molecule has 5 heavy (non-hydrogen) atoms. The monoisotopic (exact) mass is 232 g/mol. The van der Waals surface area contributed by atoms with Gasteiger partial charge in [0.15, 0.2) is 0 Å².